The highest BCUT2D eigenvalue weighted by Gasteiger charge is 2.21. The molecule has 3 heteroatoms. The van der Waals surface area contributed by atoms with Crippen LogP contribution in [0.1, 0.15) is 36.8 Å². The Bertz CT molecular complexity index is 444. The van der Waals surface area contributed by atoms with Gasteiger partial charge in [0.15, 0.2) is 0 Å². The topological polar surface area (TPSA) is 26.3 Å². The zero-order valence-electron chi connectivity index (χ0n) is 11.0. The summed E-state index contributed by atoms with van der Waals surface area (Å²) in [6.07, 6.45) is 4.40. The molecule has 1 aromatic rings. The van der Waals surface area contributed by atoms with Crippen LogP contribution in [0.5, 0.6) is 5.75 Å². The maximum absolute atomic E-state index is 11.2. The minimum Gasteiger partial charge on any atom is -0.496 e. The van der Waals surface area contributed by atoms with Gasteiger partial charge in [0.05, 0.1) is 7.11 Å². The Labute approximate surface area is 113 Å². The normalized spacial score (nSPS) is 16.9. The molecule has 0 bridgehead atoms. The SMILES string of the molecule is COc1c(C)cc(Cl)cc1CC1CCC(=O)CC1. The van der Waals surface area contributed by atoms with E-state index in [2.05, 4.69) is 0 Å². The first-order valence-corrected chi connectivity index (χ1v) is 6.82. The number of hydrogen-bond acceptors (Lipinski definition) is 2. The Balaban J connectivity index is 2.15. The quantitative estimate of drug-likeness (QED) is 0.828. The van der Waals surface area contributed by atoms with Crippen molar-refractivity contribution in [2.75, 3.05) is 7.11 Å². The summed E-state index contributed by atoms with van der Waals surface area (Å²) >= 11 is 6.11. The van der Waals surface area contributed by atoms with Crippen LogP contribution >= 0.6 is 11.6 Å². The molecular formula is C15H19ClO2. The highest BCUT2D eigenvalue weighted by atomic mass is 35.5. The van der Waals surface area contributed by atoms with Crippen molar-refractivity contribution in [3.05, 3.63) is 28.3 Å². The third kappa shape index (κ3) is 3.05. The molecule has 1 fully saturated rings. The molecule has 0 unspecified atom stereocenters. The zero-order valence-corrected chi connectivity index (χ0v) is 11.7. The zero-order chi connectivity index (χ0) is 13.1. The molecule has 98 valence electrons. The second-order valence-electron chi connectivity index (χ2n) is 5.10. The van der Waals surface area contributed by atoms with Gasteiger partial charge in [-0.1, -0.05) is 11.6 Å². The molecule has 0 spiro atoms. The number of ketones is 1. The summed E-state index contributed by atoms with van der Waals surface area (Å²) in [4.78, 5) is 11.2. The van der Waals surface area contributed by atoms with Gasteiger partial charge in [0.25, 0.3) is 0 Å². The molecule has 1 saturated carbocycles. The molecule has 0 N–H and O–H groups in total. The fourth-order valence-electron chi connectivity index (χ4n) is 2.76. The van der Waals surface area contributed by atoms with Crippen molar-refractivity contribution in [2.24, 2.45) is 5.92 Å². The van der Waals surface area contributed by atoms with Crippen LogP contribution in [0.2, 0.25) is 5.02 Å². The second-order valence-corrected chi connectivity index (χ2v) is 5.54. The molecule has 18 heavy (non-hydrogen) atoms. The Hall–Kier alpha value is -1.02. The molecule has 0 aromatic heterocycles. The second kappa shape index (κ2) is 5.75. The fraction of sp³-hybridized carbons (Fsp3) is 0.533. The summed E-state index contributed by atoms with van der Waals surface area (Å²) in [5.41, 5.74) is 2.24. The van der Waals surface area contributed by atoms with Crippen molar-refractivity contribution in [3.8, 4) is 5.75 Å². The lowest BCUT2D eigenvalue weighted by molar-refractivity contribution is -0.121. The van der Waals surface area contributed by atoms with Gasteiger partial charge in [-0.15, -0.1) is 0 Å². The number of hydrogen-bond donors (Lipinski definition) is 0. The summed E-state index contributed by atoms with van der Waals surface area (Å²) < 4.78 is 5.47. The van der Waals surface area contributed by atoms with E-state index in [1.165, 1.54) is 5.56 Å². The van der Waals surface area contributed by atoms with E-state index in [4.69, 9.17) is 16.3 Å². The Morgan fingerprint density at radius 1 is 1.33 bits per heavy atom. The summed E-state index contributed by atoms with van der Waals surface area (Å²) in [6, 6.07) is 3.91. The highest BCUT2D eigenvalue weighted by Crippen LogP contribution is 2.33. The van der Waals surface area contributed by atoms with Crippen LogP contribution < -0.4 is 4.74 Å². The van der Waals surface area contributed by atoms with Crippen molar-refractivity contribution >= 4 is 17.4 Å². The summed E-state index contributed by atoms with van der Waals surface area (Å²) in [5, 5.41) is 0.759. The van der Waals surface area contributed by atoms with E-state index in [-0.39, 0.29) is 0 Å². The lowest BCUT2D eigenvalue weighted by atomic mass is 9.84. The van der Waals surface area contributed by atoms with Crippen LogP contribution in [-0.4, -0.2) is 12.9 Å². The largest absolute Gasteiger partial charge is 0.496 e. The lowest BCUT2D eigenvalue weighted by Gasteiger charge is -2.22. The van der Waals surface area contributed by atoms with Crippen molar-refractivity contribution < 1.29 is 9.53 Å². The Morgan fingerprint density at radius 3 is 2.61 bits per heavy atom. The number of benzene rings is 1. The van der Waals surface area contributed by atoms with Gasteiger partial charge in [0, 0.05) is 17.9 Å². The summed E-state index contributed by atoms with van der Waals surface area (Å²) in [6.45, 7) is 2.01. The van der Waals surface area contributed by atoms with Gasteiger partial charge in [-0.2, -0.15) is 0 Å². The van der Waals surface area contributed by atoms with Gasteiger partial charge in [-0.25, -0.2) is 0 Å². The molecule has 1 aromatic carbocycles. The van der Waals surface area contributed by atoms with E-state index in [1.54, 1.807) is 7.11 Å². The van der Waals surface area contributed by atoms with Gasteiger partial charge in [0.2, 0.25) is 0 Å². The molecule has 0 amide bonds. The molecular weight excluding hydrogens is 248 g/mol. The number of carbonyl (C=O) groups is 1. The molecule has 1 aliphatic rings. The monoisotopic (exact) mass is 266 g/mol. The number of carbonyl (C=O) groups excluding carboxylic acids is 1. The minimum atomic E-state index is 0.403. The third-order valence-electron chi connectivity index (χ3n) is 3.69. The number of Topliss-reactive ketones (excluding diaryl/α,β-unsaturated/α-hetero) is 1. The highest BCUT2D eigenvalue weighted by molar-refractivity contribution is 6.30. The Kier molecular flexibility index (Phi) is 4.28. The van der Waals surface area contributed by atoms with Crippen molar-refractivity contribution in [2.45, 2.75) is 39.0 Å². The van der Waals surface area contributed by atoms with Crippen LogP contribution in [0.15, 0.2) is 12.1 Å². The lowest BCUT2D eigenvalue weighted by Crippen LogP contribution is -2.16. The predicted molar refractivity (Wildman–Crippen MR) is 73.4 cm³/mol. The van der Waals surface area contributed by atoms with E-state index >= 15 is 0 Å². The molecule has 0 aliphatic heterocycles. The standard InChI is InChI=1S/C15H19ClO2/c1-10-7-13(16)9-12(15(10)18-2)8-11-3-5-14(17)6-4-11/h7,9,11H,3-6,8H2,1-2H3. The smallest absolute Gasteiger partial charge is 0.132 e. The van der Waals surface area contributed by atoms with Crippen LogP contribution in [0.25, 0.3) is 0 Å². The number of aryl methyl sites for hydroxylation is 1. The molecule has 2 rings (SSSR count). The first-order chi connectivity index (χ1) is 8.60. The maximum Gasteiger partial charge on any atom is 0.132 e. The van der Waals surface area contributed by atoms with Gasteiger partial charge < -0.3 is 4.74 Å². The van der Waals surface area contributed by atoms with Gasteiger partial charge in [0.1, 0.15) is 11.5 Å². The maximum atomic E-state index is 11.2. The van der Waals surface area contributed by atoms with Gasteiger partial charge in [-0.05, 0) is 55.4 Å². The van der Waals surface area contributed by atoms with Crippen molar-refractivity contribution in [1.82, 2.24) is 0 Å². The third-order valence-corrected chi connectivity index (χ3v) is 3.91. The van der Waals surface area contributed by atoms with Crippen molar-refractivity contribution in [3.63, 3.8) is 0 Å². The van der Waals surface area contributed by atoms with E-state index < -0.39 is 0 Å². The molecule has 1 aliphatic carbocycles. The average Bonchev–Trinajstić information content (AvgIpc) is 2.32. The van der Waals surface area contributed by atoms with Crippen LogP contribution in [0.3, 0.4) is 0 Å². The fourth-order valence-corrected chi connectivity index (χ4v) is 3.05. The van der Waals surface area contributed by atoms with E-state index in [0.29, 0.717) is 11.7 Å². The summed E-state index contributed by atoms with van der Waals surface area (Å²) in [5.74, 6) is 1.92. The van der Waals surface area contributed by atoms with Crippen molar-refractivity contribution in [1.29, 1.82) is 0 Å². The molecule has 0 atom stereocenters. The molecule has 0 heterocycles. The molecule has 2 nitrogen and oxygen atoms in total. The number of methoxy groups -OCH3 is 1. The number of halogens is 1. The first-order valence-electron chi connectivity index (χ1n) is 6.45. The van der Waals surface area contributed by atoms with Crippen LogP contribution in [-0.2, 0) is 11.2 Å². The van der Waals surface area contributed by atoms with E-state index in [9.17, 15) is 4.79 Å². The van der Waals surface area contributed by atoms with Gasteiger partial charge in [-0.3, -0.25) is 4.79 Å². The van der Waals surface area contributed by atoms with Crippen LogP contribution in [0.4, 0.5) is 0 Å². The van der Waals surface area contributed by atoms with Gasteiger partial charge >= 0.3 is 0 Å². The summed E-state index contributed by atoms with van der Waals surface area (Å²) in [7, 11) is 1.70. The molecule has 0 radical (unpaired) electrons. The average molecular weight is 267 g/mol. The minimum absolute atomic E-state index is 0.403. The predicted octanol–water partition coefficient (Wildman–Crippen LogP) is 3.96. The number of rotatable bonds is 3. The van der Waals surface area contributed by atoms with E-state index in [0.717, 1.165) is 48.4 Å². The van der Waals surface area contributed by atoms with E-state index in [1.807, 2.05) is 19.1 Å². The molecule has 0 saturated heterocycles. The van der Waals surface area contributed by atoms with Crippen LogP contribution in [0, 0.1) is 12.8 Å². The number of ether oxygens (including phenoxy) is 1. The first kappa shape index (κ1) is 13.4. The Morgan fingerprint density at radius 2 is 2.00 bits per heavy atom.